The third-order valence-electron chi connectivity index (χ3n) is 3.63. The molecule has 3 rings (SSSR count). The second-order valence-corrected chi connectivity index (χ2v) is 5.38. The molecule has 25 heavy (non-hydrogen) atoms. The summed E-state index contributed by atoms with van der Waals surface area (Å²) >= 11 is 0. The van der Waals surface area contributed by atoms with Gasteiger partial charge in [0.2, 0.25) is 0 Å². The Kier molecular flexibility index (Phi) is 4.65. The molecule has 6 nitrogen and oxygen atoms in total. The molecule has 128 valence electrons. The molecule has 0 atom stereocenters. The maximum absolute atomic E-state index is 13.2. The van der Waals surface area contributed by atoms with E-state index in [2.05, 4.69) is 10.3 Å². The number of nitrogens with two attached hydrogens (primary N) is 1. The van der Waals surface area contributed by atoms with E-state index in [-0.39, 0.29) is 30.4 Å². The zero-order chi connectivity index (χ0) is 17.8. The Hall–Kier alpha value is -3.35. The highest BCUT2D eigenvalue weighted by molar-refractivity contribution is 5.98. The quantitative estimate of drug-likeness (QED) is 0.600. The molecular weight excluding hydrogens is 325 g/mol. The van der Waals surface area contributed by atoms with Crippen molar-refractivity contribution in [2.75, 3.05) is 13.2 Å². The first-order chi connectivity index (χ1) is 12.0. The van der Waals surface area contributed by atoms with Crippen LogP contribution in [0.5, 0.6) is 5.75 Å². The molecule has 1 aromatic heterocycles. The number of benzene rings is 2. The molecule has 2 amide bonds. The Balaban J connectivity index is 1.56. The Bertz CT molecular complexity index is 936. The van der Waals surface area contributed by atoms with Crippen molar-refractivity contribution in [1.82, 2.24) is 10.3 Å². The molecule has 3 aromatic rings. The SMILES string of the molecule is NC(=O)c1ccccc1OCCNC(=O)c1cc2cc(F)ccc2[nH]1. The molecule has 1 heterocycles. The van der Waals surface area contributed by atoms with E-state index in [1.54, 1.807) is 36.4 Å². The monoisotopic (exact) mass is 341 g/mol. The molecular formula is C18H16FN3O3. The van der Waals surface area contributed by atoms with Gasteiger partial charge in [-0.1, -0.05) is 12.1 Å². The van der Waals surface area contributed by atoms with Crippen LogP contribution in [0.1, 0.15) is 20.8 Å². The predicted octanol–water partition coefficient (Wildman–Crippen LogP) is 2.21. The van der Waals surface area contributed by atoms with Gasteiger partial charge in [-0.05, 0) is 36.4 Å². The van der Waals surface area contributed by atoms with Crippen molar-refractivity contribution >= 4 is 22.7 Å². The van der Waals surface area contributed by atoms with Gasteiger partial charge < -0.3 is 20.8 Å². The zero-order valence-corrected chi connectivity index (χ0v) is 13.2. The van der Waals surface area contributed by atoms with Crippen molar-refractivity contribution in [2.24, 2.45) is 5.73 Å². The van der Waals surface area contributed by atoms with Crippen molar-refractivity contribution in [3.63, 3.8) is 0 Å². The van der Waals surface area contributed by atoms with Crippen LogP contribution in [0.3, 0.4) is 0 Å². The van der Waals surface area contributed by atoms with Crippen molar-refractivity contribution in [1.29, 1.82) is 0 Å². The predicted molar refractivity (Wildman–Crippen MR) is 91.0 cm³/mol. The third kappa shape index (κ3) is 3.77. The number of nitrogens with one attached hydrogen (secondary N) is 2. The van der Waals surface area contributed by atoms with Gasteiger partial charge in [0, 0.05) is 10.9 Å². The Morgan fingerprint density at radius 1 is 1.16 bits per heavy atom. The summed E-state index contributed by atoms with van der Waals surface area (Å²) in [4.78, 5) is 26.3. The number of aromatic nitrogens is 1. The number of para-hydroxylation sites is 1. The fraction of sp³-hybridized carbons (Fsp3) is 0.111. The molecule has 0 unspecified atom stereocenters. The fourth-order valence-electron chi connectivity index (χ4n) is 2.44. The number of aromatic amines is 1. The van der Waals surface area contributed by atoms with Crippen molar-refractivity contribution in [2.45, 2.75) is 0 Å². The van der Waals surface area contributed by atoms with Crippen molar-refractivity contribution in [3.05, 3.63) is 65.6 Å². The largest absolute Gasteiger partial charge is 0.491 e. The molecule has 0 bridgehead atoms. The third-order valence-corrected chi connectivity index (χ3v) is 3.63. The molecule has 0 saturated heterocycles. The summed E-state index contributed by atoms with van der Waals surface area (Å²) < 4.78 is 18.7. The van der Waals surface area contributed by atoms with Gasteiger partial charge in [-0.3, -0.25) is 9.59 Å². The van der Waals surface area contributed by atoms with Crippen LogP contribution in [0.25, 0.3) is 10.9 Å². The molecule has 0 aliphatic heterocycles. The van der Waals surface area contributed by atoms with Crippen molar-refractivity contribution < 1.29 is 18.7 Å². The first-order valence-corrected chi connectivity index (χ1v) is 7.62. The van der Waals surface area contributed by atoms with Gasteiger partial charge in [-0.2, -0.15) is 0 Å². The van der Waals surface area contributed by atoms with Gasteiger partial charge in [0.1, 0.15) is 23.9 Å². The number of halogens is 1. The van der Waals surface area contributed by atoms with E-state index < -0.39 is 5.91 Å². The average Bonchev–Trinajstić information content (AvgIpc) is 3.02. The summed E-state index contributed by atoms with van der Waals surface area (Å²) in [5, 5.41) is 3.31. The van der Waals surface area contributed by atoms with Crippen LogP contribution >= 0.6 is 0 Å². The van der Waals surface area contributed by atoms with Crippen LogP contribution in [0, 0.1) is 5.82 Å². The summed E-state index contributed by atoms with van der Waals surface area (Å²) in [6.45, 7) is 0.403. The van der Waals surface area contributed by atoms with E-state index in [0.717, 1.165) is 0 Å². The molecule has 0 saturated carbocycles. The molecule has 0 spiro atoms. The molecule has 2 aromatic carbocycles. The first kappa shape index (κ1) is 16.5. The lowest BCUT2D eigenvalue weighted by molar-refractivity contribution is 0.0939. The summed E-state index contributed by atoms with van der Waals surface area (Å²) in [6, 6.07) is 12.4. The number of carbonyl (C=O) groups is 2. The molecule has 4 N–H and O–H groups in total. The second kappa shape index (κ2) is 7.04. The fourth-order valence-corrected chi connectivity index (χ4v) is 2.44. The van der Waals surface area contributed by atoms with Crippen LogP contribution in [0.2, 0.25) is 0 Å². The minimum Gasteiger partial charge on any atom is -0.491 e. The van der Waals surface area contributed by atoms with E-state index in [0.29, 0.717) is 22.3 Å². The summed E-state index contributed by atoms with van der Waals surface area (Å²) in [5.74, 6) is -0.904. The maximum Gasteiger partial charge on any atom is 0.267 e. The van der Waals surface area contributed by atoms with Gasteiger partial charge in [-0.25, -0.2) is 4.39 Å². The Morgan fingerprint density at radius 3 is 2.76 bits per heavy atom. The van der Waals surface area contributed by atoms with Crippen LogP contribution < -0.4 is 15.8 Å². The second-order valence-electron chi connectivity index (χ2n) is 5.38. The molecule has 7 heteroatoms. The number of hydrogen-bond acceptors (Lipinski definition) is 3. The van der Waals surface area contributed by atoms with Crippen LogP contribution in [0.15, 0.2) is 48.5 Å². The highest BCUT2D eigenvalue weighted by Gasteiger charge is 2.11. The number of primary amides is 1. The number of H-pyrrole nitrogens is 1. The number of hydrogen-bond donors (Lipinski definition) is 3. The molecule has 0 aliphatic rings. The number of rotatable bonds is 6. The lowest BCUT2D eigenvalue weighted by Crippen LogP contribution is -2.28. The van der Waals surface area contributed by atoms with Crippen molar-refractivity contribution in [3.8, 4) is 5.75 Å². The molecule has 0 aliphatic carbocycles. The summed E-state index contributed by atoms with van der Waals surface area (Å²) in [7, 11) is 0. The minimum atomic E-state index is -0.579. The number of amides is 2. The minimum absolute atomic E-state index is 0.172. The maximum atomic E-state index is 13.2. The highest BCUT2D eigenvalue weighted by atomic mass is 19.1. The van der Waals surface area contributed by atoms with E-state index >= 15 is 0 Å². The molecule has 0 fully saturated rings. The standard InChI is InChI=1S/C18H16FN3O3/c19-12-5-6-14-11(9-12)10-15(22-14)18(24)21-7-8-25-16-4-2-1-3-13(16)17(20)23/h1-6,9-10,22H,7-8H2,(H2,20,23)(H,21,24). The average molecular weight is 341 g/mol. The van der Waals surface area contributed by atoms with Crippen LogP contribution in [-0.2, 0) is 0 Å². The first-order valence-electron chi connectivity index (χ1n) is 7.62. The molecule has 0 radical (unpaired) electrons. The van der Waals surface area contributed by atoms with Crippen LogP contribution in [-0.4, -0.2) is 29.9 Å². The number of fused-ring (bicyclic) bond motifs is 1. The van der Waals surface area contributed by atoms with E-state index in [1.165, 1.54) is 12.1 Å². The number of carbonyl (C=O) groups excluding carboxylic acids is 2. The van der Waals surface area contributed by atoms with Gasteiger partial charge in [0.15, 0.2) is 0 Å². The van der Waals surface area contributed by atoms with Gasteiger partial charge in [0.25, 0.3) is 11.8 Å². The highest BCUT2D eigenvalue weighted by Crippen LogP contribution is 2.17. The van der Waals surface area contributed by atoms with Crippen LogP contribution in [0.4, 0.5) is 4.39 Å². The lowest BCUT2D eigenvalue weighted by Gasteiger charge is -2.09. The van der Waals surface area contributed by atoms with E-state index in [9.17, 15) is 14.0 Å². The van der Waals surface area contributed by atoms with Gasteiger partial charge in [0.05, 0.1) is 12.1 Å². The van der Waals surface area contributed by atoms with E-state index in [4.69, 9.17) is 10.5 Å². The Morgan fingerprint density at radius 2 is 1.96 bits per heavy atom. The Labute approximate surface area is 142 Å². The smallest absolute Gasteiger partial charge is 0.267 e. The summed E-state index contributed by atoms with van der Waals surface area (Å²) in [6.07, 6.45) is 0. The normalized spacial score (nSPS) is 10.6. The van der Waals surface area contributed by atoms with E-state index in [1.807, 2.05) is 0 Å². The summed E-state index contributed by atoms with van der Waals surface area (Å²) in [5.41, 5.74) is 6.57. The number of ether oxygens (including phenoxy) is 1. The van der Waals surface area contributed by atoms with Gasteiger partial charge >= 0.3 is 0 Å². The zero-order valence-electron chi connectivity index (χ0n) is 13.2. The topological polar surface area (TPSA) is 97.2 Å². The van der Waals surface area contributed by atoms with Gasteiger partial charge in [-0.15, -0.1) is 0 Å². The lowest BCUT2D eigenvalue weighted by atomic mass is 10.2.